The second-order valence-corrected chi connectivity index (χ2v) is 5.96. The number of hydrogen-bond donors (Lipinski definition) is 5. The Morgan fingerprint density at radius 2 is 1.96 bits per heavy atom. The van der Waals surface area contributed by atoms with Gasteiger partial charge in [0.05, 0.1) is 18.5 Å². The molecule has 3 atom stereocenters. The highest BCUT2D eigenvalue weighted by Gasteiger charge is 2.22. The summed E-state index contributed by atoms with van der Waals surface area (Å²) < 4.78 is 0. The highest BCUT2D eigenvalue weighted by atomic mass is 35.5. The third-order valence-electron chi connectivity index (χ3n) is 2.96. The smallest absolute Gasteiger partial charge is 0.203 e. The predicted octanol–water partition coefficient (Wildman–Crippen LogP) is 0.936. The molecule has 0 saturated heterocycles. The number of hydrogen-bond acceptors (Lipinski definition) is 8. The molecule has 2 aromatic rings. The summed E-state index contributed by atoms with van der Waals surface area (Å²) in [4.78, 5) is 4.32. The van der Waals surface area contributed by atoms with Gasteiger partial charge in [-0.05, 0) is 12.1 Å². The van der Waals surface area contributed by atoms with E-state index < -0.39 is 24.9 Å². The van der Waals surface area contributed by atoms with Crippen molar-refractivity contribution in [3.63, 3.8) is 0 Å². The van der Waals surface area contributed by atoms with Gasteiger partial charge >= 0.3 is 0 Å². The number of rotatable bonds is 7. The zero-order chi connectivity index (χ0) is 16.8. The first-order valence-corrected chi connectivity index (χ1v) is 7.92. The van der Waals surface area contributed by atoms with Crippen LogP contribution in [0.5, 0.6) is 0 Å². The number of nitrogens with zero attached hydrogens (tertiary/aromatic N) is 2. The minimum Gasteiger partial charge on any atom is -0.394 e. The molecule has 0 aliphatic carbocycles. The van der Waals surface area contributed by atoms with Gasteiger partial charge in [-0.15, -0.1) is 11.3 Å². The number of aliphatic hydroxyl groups excluding tert-OH is 4. The lowest BCUT2D eigenvalue weighted by Gasteiger charge is -2.17. The summed E-state index contributed by atoms with van der Waals surface area (Å²) >= 11 is 7.15. The standard InChI is InChI=1S/C14H16ClN3O4S/c15-9-3-1-8(2-4-9)10-7-23-14(17-10)18-16-5-11(20)13(22)12(21)6-19/h1-5,7,11-13,19-22H,6H2,(H,17,18)/b16-5-/t11-,12-,13+/m1/s1. The molecule has 0 aliphatic heterocycles. The van der Waals surface area contributed by atoms with Crippen LogP contribution in [0, 0.1) is 0 Å². The zero-order valence-corrected chi connectivity index (χ0v) is 13.4. The van der Waals surface area contributed by atoms with Crippen molar-refractivity contribution in [1.82, 2.24) is 4.98 Å². The molecule has 7 nitrogen and oxygen atoms in total. The molecule has 9 heteroatoms. The van der Waals surface area contributed by atoms with E-state index in [0.29, 0.717) is 10.2 Å². The minimum absolute atomic E-state index is 0.496. The van der Waals surface area contributed by atoms with E-state index in [0.717, 1.165) is 17.5 Å². The SMILES string of the molecule is OC[C@@H](O)[C@@H](O)[C@H](O)/C=N\Nc1nc(-c2ccc(Cl)cc2)cs1. The first-order chi connectivity index (χ1) is 11.0. The van der Waals surface area contributed by atoms with Crippen LogP contribution in [0.2, 0.25) is 5.02 Å². The number of anilines is 1. The van der Waals surface area contributed by atoms with E-state index in [2.05, 4.69) is 15.5 Å². The molecular weight excluding hydrogens is 342 g/mol. The van der Waals surface area contributed by atoms with Crippen LogP contribution in [0.25, 0.3) is 11.3 Å². The molecule has 5 N–H and O–H groups in total. The Balaban J connectivity index is 1.94. The number of hydrazone groups is 1. The molecule has 0 radical (unpaired) electrons. The molecule has 0 unspecified atom stereocenters. The molecule has 0 saturated carbocycles. The molecular formula is C14H16ClN3O4S. The van der Waals surface area contributed by atoms with Crippen LogP contribution in [0.4, 0.5) is 5.13 Å². The Labute approximate surface area is 141 Å². The molecule has 124 valence electrons. The molecule has 0 fully saturated rings. The van der Waals surface area contributed by atoms with Crippen LogP contribution in [-0.2, 0) is 0 Å². The topological polar surface area (TPSA) is 118 Å². The number of aliphatic hydroxyl groups is 4. The number of thiazole rings is 1. The Hall–Kier alpha value is -1.55. The van der Waals surface area contributed by atoms with E-state index in [9.17, 15) is 15.3 Å². The Morgan fingerprint density at radius 1 is 1.26 bits per heavy atom. The van der Waals surface area contributed by atoms with E-state index in [-0.39, 0.29) is 0 Å². The maximum Gasteiger partial charge on any atom is 0.203 e. The van der Waals surface area contributed by atoms with Crippen LogP contribution in [0.3, 0.4) is 0 Å². The summed E-state index contributed by atoms with van der Waals surface area (Å²) in [5, 5.41) is 43.6. The van der Waals surface area contributed by atoms with Crippen molar-refractivity contribution in [2.45, 2.75) is 18.3 Å². The van der Waals surface area contributed by atoms with Crippen LogP contribution < -0.4 is 5.43 Å². The Bertz CT molecular complexity index is 650. The second-order valence-electron chi connectivity index (χ2n) is 4.67. The largest absolute Gasteiger partial charge is 0.394 e. The van der Waals surface area contributed by atoms with E-state index >= 15 is 0 Å². The lowest BCUT2D eigenvalue weighted by Crippen LogP contribution is -2.40. The molecule has 1 aromatic carbocycles. The summed E-state index contributed by atoms with van der Waals surface area (Å²) in [6.45, 7) is -0.656. The van der Waals surface area contributed by atoms with Gasteiger partial charge in [-0.2, -0.15) is 5.10 Å². The van der Waals surface area contributed by atoms with Crippen molar-refractivity contribution in [2.75, 3.05) is 12.0 Å². The lowest BCUT2D eigenvalue weighted by atomic mass is 10.1. The van der Waals surface area contributed by atoms with E-state index in [4.69, 9.17) is 16.7 Å². The van der Waals surface area contributed by atoms with Crippen LogP contribution in [-0.4, -0.2) is 56.5 Å². The van der Waals surface area contributed by atoms with Gasteiger partial charge in [-0.25, -0.2) is 4.98 Å². The third kappa shape index (κ3) is 4.96. The fourth-order valence-electron chi connectivity index (χ4n) is 1.67. The quantitative estimate of drug-likeness (QED) is 0.372. The van der Waals surface area contributed by atoms with E-state index in [1.54, 1.807) is 12.1 Å². The molecule has 0 aliphatic rings. The Morgan fingerprint density at radius 3 is 2.61 bits per heavy atom. The third-order valence-corrected chi connectivity index (χ3v) is 3.96. The molecule has 23 heavy (non-hydrogen) atoms. The van der Waals surface area contributed by atoms with Crippen LogP contribution >= 0.6 is 22.9 Å². The normalized spacial score (nSPS) is 15.5. The fourth-order valence-corrected chi connectivity index (χ4v) is 2.47. The van der Waals surface area contributed by atoms with E-state index in [1.165, 1.54) is 11.3 Å². The number of halogens is 1. The minimum atomic E-state index is -1.52. The molecule has 1 heterocycles. The number of benzene rings is 1. The van der Waals surface area contributed by atoms with Gasteiger partial charge in [0.15, 0.2) is 0 Å². The average molecular weight is 358 g/mol. The second kappa shape index (κ2) is 8.34. The summed E-state index contributed by atoms with van der Waals surface area (Å²) in [6.07, 6.45) is -3.35. The monoisotopic (exact) mass is 357 g/mol. The zero-order valence-electron chi connectivity index (χ0n) is 11.9. The number of nitrogens with one attached hydrogen (secondary N) is 1. The predicted molar refractivity (Wildman–Crippen MR) is 89.8 cm³/mol. The maximum atomic E-state index is 9.57. The molecule has 0 spiro atoms. The van der Waals surface area contributed by atoms with Crippen molar-refractivity contribution in [2.24, 2.45) is 5.10 Å². The maximum absolute atomic E-state index is 9.57. The number of aromatic nitrogens is 1. The van der Waals surface area contributed by atoms with Gasteiger partial charge < -0.3 is 20.4 Å². The molecule has 0 amide bonds. The highest BCUT2D eigenvalue weighted by molar-refractivity contribution is 7.14. The summed E-state index contributed by atoms with van der Waals surface area (Å²) in [5.74, 6) is 0. The van der Waals surface area contributed by atoms with Gasteiger partial charge in [0, 0.05) is 16.0 Å². The summed E-state index contributed by atoms with van der Waals surface area (Å²) in [6, 6.07) is 7.24. The Kier molecular flexibility index (Phi) is 6.46. The van der Waals surface area contributed by atoms with Gasteiger partial charge in [0.1, 0.15) is 18.3 Å². The first kappa shape index (κ1) is 17.8. The molecule has 0 bridgehead atoms. The van der Waals surface area contributed by atoms with Gasteiger partial charge in [0.25, 0.3) is 0 Å². The summed E-state index contributed by atoms with van der Waals surface area (Å²) in [5.41, 5.74) is 4.28. The lowest BCUT2D eigenvalue weighted by molar-refractivity contribution is -0.0541. The van der Waals surface area contributed by atoms with Gasteiger partial charge in [-0.3, -0.25) is 5.43 Å². The van der Waals surface area contributed by atoms with Crippen molar-refractivity contribution >= 4 is 34.3 Å². The van der Waals surface area contributed by atoms with Crippen LogP contribution in [0.1, 0.15) is 0 Å². The van der Waals surface area contributed by atoms with Crippen LogP contribution in [0.15, 0.2) is 34.7 Å². The molecule has 1 aromatic heterocycles. The average Bonchev–Trinajstić information content (AvgIpc) is 3.02. The van der Waals surface area contributed by atoms with Gasteiger partial charge in [-0.1, -0.05) is 23.7 Å². The highest BCUT2D eigenvalue weighted by Crippen LogP contribution is 2.25. The van der Waals surface area contributed by atoms with Gasteiger partial charge in [0.2, 0.25) is 5.13 Å². The van der Waals surface area contributed by atoms with Crippen molar-refractivity contribution in [3.05, 3.63) is 34.7 Å². The van der Waals surface area contributed by atoms with Crippen molar-refractivity contribution in [3.8, 4) is 11.3 Å². The van der Waals surface area contributed by atoms with Crippen molar-refractivity contribution < 1.29 is 20.4 Å². The first-order valence-electron chi connectivity index (χ1n) is 6.67. The molecule has 2 rings (SSSR count). The van der Waals surface area contributed by atoms with Crippen molar-refractivity contribution in [1.29, 1.82) is 0 Å². The fraction of sp³-hybridized carbons (Fsp3) is 0.286. The summed E-state index contributed by atoms with van der Waals surface area (Å²) in [7, 11) is 0. The van der Waals surface area contributed by atoms with E-state index in [1.807, 2.05) is 17.5 Å².